The number of imidazole rings is 1. The summed E-state index contributed by atoms with van der Waals surface area (Å²) in [4.78, 5) is 7.64. The van der Waals surface area contributed by atoms with Crippen LogP contribution in [0.25, 0.3) is 22.4 Å². The highest BCUT2D eigenvalue weighted by atomic mass is 35.5. The molecule has 0 bridgehead atoms. The Balaban J connectivity index is 2.26. The molecule has 0 amide bonds. The minimum absolute atomic E-state index is 0.481. The van der Waals surface area contributed by atoms with Gasteiger partial charge in [0.2, 0.25) is 0 Å². The van der Waals surface area contributed by atoms with Crippen LogP contribution in [0, 0.1) is 0 Å². The third-order valence-electron chi connectivity index (χ3n) is 2.67. The number of fused-ring (bicyclic) bond motifs is 1. The molecule has 0 saturated carbocycles. The van der Waals surface area contributed by atoms with Crippen molar-refractivity contribution in [3.63, 3.8) is 0 Å². The van der Waals surface area contributed by atoms with Gasteiger partial charge in [-0.2, -0.15) is 0 Å². The molecule has 2 aromatic carbocycles. The largest absolute Gasteiger partial charge is 0.338 e. The topological polar surface area (TPSA) is 28.7 Å². The van der Waals surface area contributed by atoms with E-state index in [0.717, 1.165) is 16.6 Å². The van der Waals surface area contributed by atoms with Gasteiger partial charge in [-0.05, 0) is 24.3 Å². The summed E-state index contributed by atoms with van der Waals surface area (Å²) in [6.45, 7) is 0. The lowest BCUT2D eigenvalue weighted by Gasteiger charge is -2.01. The van der Waals surface area contributed by atoms with Gasteiger partial charge in [-0.1, -0.05) is 46.9 Å². The number of nitrogens with one attached hydrogen (secondary N) is 1. The molecule has 18 heavy (non-hydrogen) atoms. The molecular formula is C13H7Cl3N2. The molecule has 3 rings (SSSR count). The minimum atomic E-state index is 0.481. The van der Waals surface area contributed by atoms with Crippen LogP contribution in [0.1, 0.15) is 0 Å². The Hall–Kier alpha value is -1.22. The van der Waals surface area contributed by atoms with Crippen LogP contribution in [-0.2, 0) is 0 Å². The van der Waals surface area contributed by atoms with Crippen LogP contribution >= 0.6 is 34.8 Å². The molecule has 0 aliphatic carbocycles. The van der Waals surface area contributed by atoms with Crippen molar-refractivity contribution in [3.8, 4) is 11.4 Å². The first-order valence-corrected chi connectivity index (χ1v) is 6.39. The maximum absolute atomic E-state index is 6.17. The second-order valence-corrected chi connectivity index (χ2v) is 5.02. The van der Waals surface area contributed by atoms with Crippen LogP contribution in [0.15, 0.2) is 36.4 Å². The molecular weight excluding hydrogens is 291 g/mol. The zero-order chi connectivity index (χ0) is 12.7. The summed E-state index contributed by atoms with van der Waals surface area (Å²) in [5.41, 5.74) is 2.36. The summed E-state index contributed by atoms with van der Waals surface area (Å²) in [5, 5.41) is 1.59. The number of aromatic nitrogens is 2. The first-order valence-electron chi connectivity index (χ1n) is 5.25. The van der Waals surface area contributed by atoms with Gasteiger partial charge < -0.3 is 4.98 Å². The summed E-state index contributed by atoms with van der Waals surface area (Å²) >= 11 is 18.3. The molecule has 0 spiro atoms. The molecule has 0 aliphatic rings. The van der Waals surface area contributed by atoms with Crippen molar-refractivity contribution in [1.82, 2.24) is 9.97 Å². The van der Waals surface area contributed by atoms with E-state index in [0.29, 0.717) is 20.9 Å². The van der Waals surface area contributed by atoms with Gasteiger partial charge in [-0.25, -0.2) is 4.98 Å². The highest BCUT2D eigenvalue weighted by molar-refractivity contribution is 6.43. The molecule has 0 aliphatic heterocycles. The van der Waals surface area contributed by atoms with E-state index in [1.165, 1.54) is 0 Å². The van der Waals surface area contributed by atoms with Gasteiger partial charge in [0.25, 0.3) is 0 Å². The molecule has 5 heteroatoms. The number of nitrogens with zero attached hydrogens (tertiary/aromatic N) is 1. The number of benzene rings is 2. The van der Waals surface area contributed by atoms with Gasteiger partial charge >= 0.3 is 0 Å². The summed E-state index contributed by atoms with van der Waals surface area (Å²) < 4.78 is 0. The van der Waals surface area contributed by atoms with Crippen LogP contribution in [0.5, 0.6) is 0 Å². The van der Waals surface area contributed by atoms with E-state index >= 15 is 0 Å². The Kier molecular flexibility index (Phi) is 2.94. The zero-order valence-corrected chi connectivity index (χ0v) is 11.3. The quantitative estimate of drug-likeness (QED) is 0.658. The van der Waals surface area contributed by atoms with Crippen molar-refractivity contribution in [3.05, 3.63) is 51.5 Å². The molecule has 0 atom stereocenters. The van der Waals surface area contributed by atoms with Crippen LogP contribution < -0.4 is 0 Å². The molecule has 0 saturated heterocycles. The van der Waals surface area contributed by atoms with Gasteiger partial charge in [-0.15, -0.1) is 0 Å². The third-order valence-corrected chi connectivity index (χ3v) is 3.79. The number of hydrogen-bond acceptors (Lipinski definition) is 1. The van der Waals surface area contributed by atoms with Crippen LogP contribution in [0.2, 0.25) is 15.1 Å². The number of aromatic amines is 1. The lowest BCUT2D eigenvalue weighted by molar-refractivity contribution is 1.34. The van der Waals surface area contributed by atoms with Crippen LogP contribution in [-0.4, -0.2) is 9.97 Å². The van der Waals surface area contributed by atoms with E-state index in [2.05, 4.69) is 9.97 Å². The molecule has 0 fully saturated rings. The average molecular weight is 298 g/mol. The first-order chi connectivity index (χ1) is 8.66. The zero-order valence-electron chi connectivity index (χ0n) is 9.05. The smallest absolute Gasteiger partial charge is 0.140 e. The SMILES string of the molecule is Clc1cccc(-c2nc3c(Cl)cccc3[nH]2)c1Cl. The molecule has 0 unspecified atom stereocenters. The fraction of sp³-hybridized carbons (Fsp3) is 0. The highest BCUT2D eigenvalue weighted by Crippen LogP contribution is 2.33. The van der Waals surface area contributed by atoms with Crippen molar-refractivity contribution in [2.45, 2.75) is 0 Å². The number of H-pyrrole nitrogens is 1. The Morgan fingerprint density at radius 2 is 1.61 bits per heavy atom. The van der Waals surface area contributed by atoms with E-state index in [1.807, 2.05) is 24.3 Å². The number of rotatable bonds is 1. The molecule has 2 nitrogen and oxygen atoms in total. The summed E-state index contributed by atoms with van der Waals surface area (Å²) in [6.07, 6.45) is 0. The minimum Gasteiger partial charge on any atom is -0.338 e. The van der Waals surface area contributed by atoms with Crippen molar-refractivity contribution in [1.29, 1.82) is 0 Å². The second kappa shape index (κ2) is 4.47. The highest BCUT2D eigenvalue weighted by Gasteiger charge is 2.12. The van der Waals surface area contributed by atoms with Crippen LogP contribution in [0.4, 0.5) is 0 Å². The van der Waals surface area contributed by atoms with E-state index in [9.17, 15) is 0 Å². The average Bonchev–Trinajstić information content (AvgIpc) is 2.78. The Morgan fingerprint density at radius 1 is 0.889 bits per heavy atom. The number of para-hydroxylation sites is 1. The lowest BCUT2D eigenvalue weighted by atomic mass is 10.2. The molecule has 1 aromatic heterocycles. The normalized spacial score (nSPS) is 11.1. The van der Waals surface area contributed by atoms with Gasteiger partial charge in [0.1, 0.15) is 11.3 Å². The monoisotopic (exact) mass is 296 g/mol. The van der Waals surface area contributed by atoms with Crippen molar-refractivity contribution >= 4 is 45.8 Å². The van der Waals surface area contributed by atoms with E-state index in [-0.39, 0.29) is 0 Å². The van der Waals surface area contributed by atoms with Crippen molar-refractivity contribution in [2.24, 2.45) is 0 Å². The third kappa shape index (κ3) is 1.87. The van der Waals surface area contributed by atoms with Gasteiger partial charge in [0.05, 0.1) is 20.6 Å². The van der Waals surface area contributed by atoms with Gasteiger partial charge in [0.15, 0.2) is 0 Å². The fourth-order valence-electron chi connectivity index (χ4n) is 1.81. The van der Waals surface area contributed by atoms with Crippen LogP contribution in [0.3, 0.4) is 0 Å². The molecule has 3 aromatic rings. The fourth-order valence-corrected chi connectivity index (χ4v) is 2.42. The Bertz CT molecular complexity index is 734. The molecule has 90 valence electrons. The maximum Gasteiger partial charge on any atom is 0.140 e. The van der Waals surface area contributed by atoms with E-state index in [4.69, 9.17) is 34.8 Å². The molecule has 1 heterocycles. The summed E-state index contributed by atoms with van der Waals surface area (Å²) in [6, 6.07) is 11.0. The Labute approximate surface area is 119 Å². The van der Waals surface area contributed by atoms with Crippen molar-refractivity contribution < 1.29 is 0 Å². The van der Waals surface area contributed by atoms with Gasteiger partial charge in [0, 0.05) is 5.56 Å². The Morgan fingerprint density at radius 3 is 2.39 bits per heavy atom. The predicted octanol–water partition coefficient (Wildman–Crippen LogP) is 5.19. The maximum atomic E-state index is 6.17. The lowest BCUT2D eigenvalue weighted by Crippen LogP contribution is -1.82. The second-order valence-electron chi connectivity index (χ2n) is 3.82. The standard InChI is InChI=1S/C13H7Cl3N2/c14-8-4-1-3-7(11(8)16)13-17-10-6-2-5-9(15)12(10)18-13/h1-6H,(H,17,18). The van der Waals surface area contributed by atoms with Gasteiger partial charge in [-0.3, -0.25) is 0 Å². The first kappa shape index (κ1) is 11.8. The molecule has 0 radical (unpaired) electrons. The van der Waals surface area contributed by atoms with E-state index in [1.54, 1.807) is 12.1 Å². The summed E-state index contributed by atoms with van der Waals surface area (Å²) in [5.74, 6) is 0.658. The summed E-state index contributed by atoms with van der Waals surface area (Å²) in [7, 11) is 0. The van der Waals surface area contributed by atoms with Crippen molar-refractivity contribution in [2.75, 3.05) is 0 Å². The van der Waals surface area contributed by atoms with E-state index < -0.39 is 0 Å². The number of hydrogen-bond donors (Lipinski definition) is 1. The predicted molar refractivity (Wildman–Crippen MR) is 76.6 cm³/mol. The number of halogens is 3. The molecule has 1 N–H and O–H groups in total.